The van der Waals surface area contributed by atoms with Crippen LogP contribution in [0.1, 0.15) is 40.0 Å². The zero-order chi connectivity index (χ0) is 11.8. The lowest BCUT2D eigenvalue weighted by Crippen LogP contribution is -2.55. The van der Waals surface area contributed by atoms with Gasteiger partial charge in [0.05, 0.1) is 0 Å². The first-order valence-corrected chi connectivity index (χ1v) is 6.83. The highest BCUT2D eigenvalue weighted by Crippen LogP contribution is 2.10. The fraction of sp³-hybridized carbons (Fsp3) is 1.00. The fourth-order valence-corrected chi connectivity index (χ4v) is 2.36. The summed E-state index contributed by atoms with van der Waals surface area (Å²) >= 11 is 0. The van der Waals surface area contributed by atoms with Crippen LogP contribution in [-0.4, -0.2) is 49.8 Å². The minimum absolute atomic E-state index is 0.676. The summed E-state index contributed by atoms with van der Waals surface area (Å²) in [6, 6.07) is 1.38. The molecule has 2 atom stereocenters. The molecule has 3 nitrogen and oxygen atoms in total. The Hall–Kier alpha value is -0.120. The Kier molecular flexibility index (Phi) is 7.01. The highest BCUT2D eigenvalue weighted by atomic mass is 16.5. The third-order valence-electron chi connectivity index (χ3n) is 3.36. The molecule has 1 rings (SSSR count). The predicted molar refractivity (Wildman–Crippen MR) is 68.8 cm³/mol. The largest absolute Gasteiger partial charge is 0.382 e. The zero-order valence-corrected chi connectivity index (χ0v) is 11.2. The van der Waals surface area contributed by atoms with E-state index in [1.807, 2.05) is 0 Å². The molecular weight excluding hydrogens is 200 g/mol. The van der Waals surface area contributed by atoms with E-state index in [4.69, 9.17) is 4.74 Å². The van der Waals surface area contributed by atoms with Crippen molar-refractivity contribution >= 4 is 0 Å². The summed E-state index contributed by atoms with van der Waals surface area (Å²) in [4.78, 5) is 2.61. The van der Waals surface area contributed by atoms with E-state index in [-0.39, 0.29) is 0 Å². The normalized spacial score (nSPS) is 27.2. The zero-order valence-electron chi connectivity index (χ0n) is 11.2. The summed E-state index contributed by atoms with van der Waals surface area (Å²) in [5.74, 6) is 0. The molecule has 2 unspecified atom stereocenters. The lowest BCUT2D eigenvalue weighted by Gasteiger charge is -2.38. The van der Waals surface area contributed by atoms with Crippen molar-refractivity contribution in [3.63, 3.8) is 0 Å². The summed E-state index contributed by atoms with van der Waals surface area (Å²) < 4.78 is 5.39. The second-order valence-corrected chi connectivity index (χ2v) is 4.79. The van der Waals surface area contributed by atoms with Crippen molar-refractivity contribution in [3.05, 3.63) is 0 Å². The molecule has 0 aromatic rings. The Labute approximate surface area is 101 Å². The van der Waals surface area contributed by atoms with Crippen molar-refractivity contribution in [2.24, 2.45) is 0 Å². The number of hydrogen-bond acceptors (Lipinski definition) is 3. The van der Waals surface area contributed by atoms with Gasteiger partial charge in [0.2, 0.25) is 0 Å². The molecular formula is C13H28N2O. The number of nitrogens with zero attached hydrogens (tertiary/aromatic N) is 1. The van der Waals surface area contributed by atoms with E-state index in [0.717, 1.165) is 26.2 Å². The van der Waals surface area contributed by atoms with Crippen molar-refractivity contribution in [2.75, 3.05) is 32.8 Å². The number of ether oxygens (including phenoxy) is 1. The van der Waals surface area contributed by atoms with Gasteiger partial charge in [0.15, 0.2) is 0 Å². The monoisotopic (exact) mass is 228 g/mol. The van der Waals surface area contributed by atoms with Crippen LogP contribution in [0.2, 0.25) is 0 Å². The van der Waals surface area contributed by atoms with Gasteiger partial charge in [0.1, 0.15) is 0 Å². The van der Waals surface area contributed by atoms with Crippen LogP contribution in [0.5, 0.6) is 0 Å². The van der Waals surface area contributed by atoms with Crippen molar-refractivity contribution in [1.29, 1.82) is 0 Å². The van der Waals surface area contributed by atoms with Gasteiger partial charge in [-0.2, -0.15) is 0 Å². The number of piperazine rings is 1. The maximum absolute atomic E-state index is 5.39. The van der Waals surface area contributed by atoms with Crippen LogP contribution in [0.15, 0.2) is 0 Å². The molecule has 0 radical (unpaired) electrons. The average Bonchev–Trinajstić information content (AvgIpc) is 2.29. The van der Waals surface area contributed by atoms with E-state index in [2.05, 4.69) is 31.0 Å². The molecule has 0 aromatic carbocycles. The standard InChI is InChI=1S/C13H28N2O/c1-4-7-13-11-15(12(3)10-14-13)8-6-9-16-5-2/h12-14H,4-11H2,1-3H3. The molecule has 1 heterocycles. The quantitative estimate of drug-likeness (QED) is 0.673. The lowest BCUT2D eigenvalue weighted by molar-refractivity contribution is 0.101. The summed E-state index contributed by atoms with van der Waals surface area (Å²) in [6.07, 6.45) is 3.74. The van der Waals surface area contributed by atoms with Crippen LogP contribution in [0, 0.1) is 0 Å². The van der Waals surface area contributed by atoms with Crippen molar-refractivity contribution in [1.82, 2.24) is 10.2 Å². The van der Waals surface area contributed by atoms with Gasteiger partial charge in [-0.05, 0) is 26.7 Å². The van der Waals surface area contributed by atoms with E-state index in [0.29, 0.717) is 12.1 Å². The Morgan fingerprint density at radius 1 is 1.38 bits per heavy atom. The minimum atomic E-state index is 0.676. The maximum atomic E-state index is 5.39. The van der Waals surface area contributed by atoms with Gasteiger partial charge in [0, 0.05) is 44.9 Å². The van der Waals surface area contributed by atoms with Crippen molar-refractivity contribution < 1.29 is 4.74 Å². The van der Waals surface area contributed by atoms with Crippen LogP contribution in [0.4, 0.5) is 0 Å². The number of nitrogens with one attached hydrogen (secondary N) is 1. The van der Waals surface area contributed by atoms with E-state index < -0.39 is 0 Å². The molecule has 1 N–H and O–H groups in total. The molecule has 1 saturated heterocycles. The predicted octanol–water partition coefficient (Wildman–Crippen LogP) is 1.88. The maximum Gasteiger partial charge on any atom is 0.0478 e. The summed E-state index contributed by atoms with van der Waals surface area (Å²) in [6.45, 7) is 11.9. The first-order valence-electron chi connectivity index (χ1n) is 6.83. The highest BCUT2D eigenvalue weighted by molar-refractivity contribution is 4.83. The highest BCUT2D eigenvalue weighted by Gasteiger charge is 2.23. The Bertz CT molecular complexity index is 175. The van der Waals surface area contributed by atoms with Crippen molar-refractivity contribution in [2.45, 2.75) is 52.1 Å². The molecule has 0 aliphatic carbocycles. The van der Waals surface area contributed by atoms with Gasteiger partial charge >= 0.3 is 0 Å². The van der Waals surface area contributed by atoms with Gasteiger partial charge in [-0.3, -0.25) is 4.90 Å². The molecule has 1 fully saturated rings. The second-order valence-electron chi connectivity index (χ2n) is 4.79. The van der Waals surface area contributed by atoms with Gasteiger partial charge in [-0.25, -0.2) is 0 Å². The Balaban J connectivity index is 2.21. The third-order valence-corrected chi connectivity index (χ3v) is 3.36. The second kappa shape index (κ2) is 8.04. The number of rotatable bonds is 7. The molecule has 0 saturated carbocycles. The van der Waals surface area contributed by atoms with Gasteiger partial charge in [-0.1, -0.05) is 13.3 Å². The topological polar surface area (TPSA) is 24.5 Å². The molecule has 0 bridgehead atoms. The summed E-state index contributed by atoms with van der Waals surface area (Å²) in [5, 5.41) is 3.63. The molecule has 1 aliphatic rings. The first kappa shape index (κ1) is 13.9. The van der Waals surface area contributed by atoms with Crippen LogP contribution in [-0.2, 0) is 4.74 Å². The van der Waals surface area contributed by atoms with Gasteiger partial charge in [0.25, 0.3) is 0 Å². The number of hydrogen-bond donors (Lipinski definition) is 1. The molecule has 16 heavy (non-hydrogen) atoms. The lowest BCUT2D eigenvalue weighted by atomic mass is 10.1. The molecule has 0 spiro atoms. The Morgan fingerprint density at radius 2 is 2.19 bits per heavy atom. The van der Waals surface area contributed by atoms with E-state index in [1.54, 1.807) is 0 Å². The van der Waals surface area contributed by atoms with E-state index in [9.17, 15) is 0 Å². The fourth-order valence-electron chi connectivity index (χ4n) is 2.36. The SMILES string of the molecule is CCCC1CN(CCCOCC)C(C)CN1. The van der Waals surface area contributed by atoms with E-state index >= 15 is 0 Å². The minimum Gasteiger partial charge on any atom is -0.382 e. The smallest absolute Gasteiger partial charge is 0.0478 e. The third kappa shape index (κ3) is 4.81. The molecule has 1 aliphatic heterocycles. The van der Waals surface area contributed by atoms with Crippen LogP contribution in [0.3, 0.4) is 0 Å². The summed E-state index contributed by atoms with van der Waals surface area (Å²) in [7, 11) is 0. The van der Waals surface area contributed by atoms with Gasteiger partial charge in [-0.15, -0.1) is 0 Å². The van der Waals surface area contributed by atoms with Crippen LogP contribution >= 0.6 is 0 Å². The van der Waals surface area contributed by atoms with E-state index in [1.165, 1.54) is 25.9 Å². The van der Waals surface area contributed by atoms with Crippen LogP contribution in [0.25, 0.3) is 0 Å². The molecule has 0 aromatic heterocycles. The van der Waals surface area contributed by atoms with Crippen molar-refractivity contribution in [3.8, 4) is 0 Å². The molecule has 96 valence electrons. The molecule has 0 amide bonds. The van der Waals surface area contributed by atoms with Gasteiger partial charge < -0.3 is 10.1 Å². The first-order chi connectivity index (χ1) is 7.77. The Morgan fingerprint density at radius 3 is 2.88 bits per heavy atom. The molecule has 3 heteroatoms. The average molecular weight is 228 g/mol. The summed E-state index contributed by atoms with van der Waals surface area (Å²) in [5.41, 5.74) is 0. The van der Waals surface area contributed by atoms with Crippen LogP contribution < -0.4 is 5.32 Å².